The van der Waals surface area contributed by atoms with E-state index in [4.69, 9.17) is 15.2 Å². The maximum atomic E-state index is 11.3. The van der Waals surface area contributed by atoms with E-state index in [1.807, 2.05) is 13.8 Å². The van der Waals surface area contributed by atoms with Crippen molar-refractivity contribution in [2.45, 2.75) is 26.5 Å². The molecule has 0 saturated carbocycles. The first-order chi connectivity index (χ1) is 7.58. The highest BCUT2D eigenvalue weighted by Crippen LogP contribution is 1.92. The number of rotatable bonds is 6. The molecule has 0 bridgehead atoms. The molecule has 2 N–H and O–H groups in total. The van der Waals surface area contributed by atoms with Crippen LogP contribution in [0, 0.1) is 0 Å². The molecule has 7 heteroatoms. The van der Waals surface area contributed by atoms with Crippen molar-refractivity contribution in [3.8, 4) is 0 Å². The third kappa shape index (κ3) is 4.74. The van der Waals surface area contributed by atoms with Gasteiger partial charge in [0.1, 0.15) is 19.5 Å². The van der Waals surface area contributed by atoms with Gasteiger partial charge in [-0.3, -0.25) is 4.79 Å². The number of nitrogen functional groups attached to an aromatic ring is 1. The molecule has 1 heterocycles. The number of anilines is 1. The number of hydrogen-bond acceptors (Lipinski definition) is 6. The van der Waals surface area contributed by atoms with Gasteiger partial charge in [0.25, 0.3) is 0 Å². The number of hydrogen-bond donors (Lipinski definition) is 1. The monoisotopic (exact) mass is 228 g/mol. The fourth-order valence-corrected chi connectivity index (χ4v) is 1.00. The second-order valence-corrected chi connectivity index (χ2v) is 3.44. The first-order valence-electron chi connectivity index (χ1n) is 5.00. The highest BCUT2D eigenvalue weighted by molar-refractivity contribution is 5.68. The predicted molar refractivity (Wildman–Crippen MR) is 56.5 cm³/mol. The molecular weight excluding hydrogens is 212 g/mol. The Morgan fingerprint density at radius 3 is 2.88 bits per heavy atom. The predicted octanol–water partition coefficient (Wildman–Crippen LogP) is -0.171. The minimum absolute atomic E-state index is 0.00583. The first-order valence-corrected chi connectivity index (χ1v) is 5.00. The van der Waals surface area contributed by atoms with Gasteiger partial charge in [-0.25, -0.2) is 9.67 Å². The summed E-state index contributed by atoms with van der Waals surface area (Å²) in [5.74, 6) is -0.256. The second kappa shape index (κ2) is 6.06. The maximum Gasteiger partial charge on any atom is 0.327 e. The Hall–Kier alpha value is -1.63. The fraction of sp³-hybridized carbons (Fsp3) is 0.667. The van der Waals surface area contributed by atoms with Crippen molar-refractivity contribution in [2.24, 2.45) is 0 Å². The average molecular weight is 228 g/mol. The molecule has 0 spiro atoms. The van der Waals surface area contributed by atoms with E-state index < -0.39 is 5.97 Å². The number of nitrogens with two attached hydrogens (primary N) is 1. The molecule has 1 aromatic heterocycles. The van der Waals surface area contributed by atoms with Crippen LogP contribution < -0.4 is 5.73 Å². The van der Waals surface area contributed by atoms with E-state index >= 15 is 0 Å². The topological polar surface area (TPSA) is 92.3 Å². The smallest absolute Gasteiger partial charge is 0.327 e. The minimum atomic E-state index is -0.391. The zero-order chi connectivity index (χ0) is 12.0. The molecular formula is C9H16N4O3. The van der Waals surface area contributed by atoms with Gasteiger partial charge in [0.2, 0.25) is 5.95 Å². The summed E-state index contributed by atoms with van der Waals surface area (Å²) < 4.78 is 11.4. The molecule has 0 aliphatic heterocycles. The molecule has 0 amide bonds. The Labute approximate surface area is 93.5 Å². The zero-order valence-corrected chi connectivity index (χ0v) is 9.42. The molecule has 0 fully saturated rings. The Kier molecular flexibility index (Phi) is 4.71. The van der Waals surface area contributed by atoms with E-state index in [0.29, 0.717) is 6.61 Å². The number of aromatic nitrogens is 3. The second-order valence-electron chi connectivity index (χ2n) is 3.44. The molecule has 7 nitrogen and oxygen atoms in total. The number of esters is 1. The summed E-state index contributed by atoms with van der Waals surface area (Å²) in [5, 5.41) is 3.76. The summed E-state index contributed by atoms with van der Waals surface area (Å²) in [6, 6.07) is 0. The van der Waals surface area contributed by atoms with Crippen LogP contribution in [0.3, 0.4) is 0 Å². The van der Waals surface area contributed by atoms with Gasteiger partial charge in [0, 0.05) is 0 Å². The van der Waals surface area contributed by atoms with Gasteiger partial charge >= 0.3 is 5.97 Å². The van der Waals surface area contributed by atoms with Crippen molar-refractivity contribution < 1.29 is 14.3 Å². The van der Waals surface area contributed by atoms with Crippen LogP contribution in [0.2, 0.25) is 0 Å². The van der Waals surface area contributed by atoms with Crippen LogP contribution >= 0.6 is 0 Å². The molecule has 0 atom stereocenters. The summed E-state index contributed by atoms with van der Waals surface area (Å²) in [4.78, 5) is 14.9. The Bertz CT molecular complexity index is 337. The van der Waals surface area contributed by atoms with E-state index in [9.17, 15) is 4.79 Å². The van der Waals surface area contributed by atoms with Gasteiger partial charge in [-0.05, 0) is 13.8 Å². The van der Waals surface area contributed by atoms with Crippen molar-refractivity contribution in [1.82, 2.24) is 14.8 Å². The van der Waals surface area contributed by atoms with Crippen LogP contribution in [0.5, 0.6) is 0 Å². The molecule has 0 saturated heterocycles. The minimum Gasteiger partial charge on any atom is -0.462 e. The summed E-state index contributed by atoms with van der Waals surface area (Å²) in [6.45, 7) is 4.47. The summed E-state index contributed by atoms with van der Waals surface area (Å²) in [7, 11) is 0. The number of nitrogens with zero attached hydrogens (tertiary/aromatic N) is 3. The molecule has 1 rings (SSSR count). The van der Waals surface area contributed by atoms with E-state index in [1.165, 1.54) is 11.0 Å². The fourth-order valence-electron chi connectivity index (χ4n) is 1.00. The third-order valence-corrected chi connectivity index (χ3v) is 1.64. The molecule has 0 aliphatic rings. The van der Waals surface area contributed by atoms with Gasteiger partial charge in [-0.1, -0.05) is 0 Å². The molecule has 16 heavy (non-hydrogen) atoms. The van der Waals surface area contributed by atoms with Crippen LogP contribution in [0.4, 0.5) is 5.95 Å². The average Bonchev–Trinajstić information content (AvgIpc) is 2.58. The van der Waals surface area contributed by atoms with Gasteiger partial charge < -0.3 is 15.2 Å². The van der Waals surface area contributed by atoms with Crippen LogP contribution in [-0.4, -0.2) is 40.1 Å². The lowest BCUT2D eigenvalue weighted by Crippen LogP contribution is -2.18. The van der Waals surface area contributed by atoms with E-state index in [0.717, 1.165) is 0 Å². The lowest BCUT2D eigenvalue weighted by atomic mass is 10.5. The normalized spacial score (nSPS) is 10.7. The number of carbonyl (C=O) groups excluding carboxylic acids is 1. The van der Waals surface area contributed by atoms with Gasteiger partial charge in [0.15, 0.2) is 0 Å². The molecule has 0 aromatic carbocycles. The number of carbonyl (C=O) groups is 1. The summed E-state index contributed by atoms with van der Waals surface area (Å²) >= 11 is 0. The Balaban J connectivity index is 2.16. The SMILES string of the molecule is CC(C)OCCOC(=O)Cn1cnc(N)n1. The first kappa shape index (κ1) is 12.4. The zero-order valence-electron chi connectivity index (χ0n) is 9.42. The largest absolute Gasteiger partial charge is 0.462 e. The molecule has 1 aromatic rings. The van der Waals surface area contributed by atoms with Crippen molar-refractivity contribution in [3.05, 3.63) is 6.33 Å². The van der Waals surface area contributed by atoms with Gasteiger partial charge in [0.05, 0.1) is 12.7 Å². The highest BCUT2D eigenvalue weighted by Gasteiger charge is 2.05. The van der Waals surface area contributed by atoms with Crippen molar-refractivity contribution >= 4 is 11.9 Å². The lowest BCUT2D eigenvalue weighted by Gasteiger charge is -2.07. The summed E-state index contributed by atoms with van der Waals surface area (Å²) in [5.41, 5.74) is 5.29. The molecule has 90 valence electrons. The highest BCUT2D eigenvalue weighted by atomic mass is 16.6. The molecule has 0 unspecified atom stereocenters. The Morgan fingerprint density at radius 2 is 2.31 bits per heavy atom. The third-order valence-electron chi connectivity index (χ3n) is 1.64. The van der Waals surface area contributed by atoms with Crippen LogP contribution in [0.25, 0.3) is 0 Å². The molecule has 0 radical (unpaired) electrons. The van der Waals surface area contributed by atoms with E-state index in [-0.39, 0.29) is 25.2 Å². The van der Waals surface area contributed by atoms with Gasteiger partial charge in [-0.15, -0.1) is 5.10 Å². The van der Waals surface area contributed by atoms with Crippen molar-refractivity contribution in [2.75, 3.05) is 18.9 Å². The Morgan fingerprint density at radius 1 is 1.56 bits per heavy atom. The quantitative estimate of drug-likeness (QED) is 0.536. The van der Waals surface area contributed by atoms with Crippen LogP contribution in [-0.2, 0) is 20.8 Å². The van der Waals surface area contributed by atoms with Crippen LogP contribution in [0.15, 0.2) is 6.33 Å². The van der Waals surface area contributed by atoms with E-state index in [1.54, 1.807) is 0 Å². The summed E-state index contributed by atoms with van der Waals surface area (Å²) in [6.07, 6.45) is 1.51. The standard InChI is InChI=1S/C9H16N4O3/c1-7(2)15-3-4-16-8(14)5-13-6-11-9(10)12-13/h6-7H,3-5H2,1-2H3,(H2,10,12). The number of ether oxygens (including phenoxy) is 2. The van der Waals surface area contributed by atoms with Crippen molar-refractivity contribution in [3.63, 3.8) is 0 Å². The van der Waals surface area contributed by atoms with Crippen LogP contribution in [0.1, 0.15) is 13.8 Å². The lowest BCUT2D eigenvalue weighted by molar-refractivity contribution is -0.146. The maximum absolute atomic E-state index is 11.3. The van der Waals surface area contributed by atoms with E-state index in [2.05, 4.69) is 10.1 Å². The van der Waals surface area contributed by atoms with Gasteiger partial charge in [-0.2, -0.15) is 0 Å². The molecule has 0 aliphatic carbocycles. The van der Waals surface area contributed by atoms with Crippen molar-refractivity contribution in [1.29, 1.82) is 0 Å².